The Kier molecular flexibility index (Phi) is 7.05. The quantitative estimate of drug-likeness (QED) is 0.499. The predicted molar refractivity (Wildman–Crippen MR) is 121 cm³/mol. The van der Waals surface area contributed by atoms with Crippen LogP contribution in [0.15, 0.2) is 42.5 Å². The number of ether oxygens (including phenoxy) is 2. The molecule has 4 rings (SSSR count). The minimum atomic E-state index is -4.27. The van der Waals surface area contributed by atoms with Crippen LogP contribution in [0.4, 0.5) is 28.9 Å². The van der Waals surface area contributed by atoms with E-state index in [1.165, 1.54) is 6.07 Å². The van der Waals surface area contributed by atoms with Crippen LogP contribution in [-0.4, -0.2) is 45.6 Å². The van der Waals surface area contributed by atoms with Crippen molar-refractivity contribution in [1.29, 1.82) is 5.26 Å². The van der Waals surface area contributed by atoms with E-state index in [-0.39, 0.29) is 31.1 Å². The third-order valence-corrected chi connectivity index (χ3v) is 6.64. The lowest BCUT2D eigenvalue weighted by Crippen LogP contribution is -2.30. The van der Waals surface area contributed by atoms with Gasteiger partial charge in [0.2, 0.25) is 0 Å². The maximum Gasteiger partial charge on any atom is 0.393 e. The van der Waals surface area contributed by atoms with Crippen LogP contribution < -0.4 is 19.3 Å². The molecule has 2 aromatic carbocycles. The van der Waals surface area contributed by atoms with Crippen molar-refractivity contribution in [3.63, 3.8) is 0 Å². The van der Waals surface area contributed by atoms with E-state index in [1.54, 1.807) is 48.4 Å². The van der Waals surface area contributed by atoms with Crippen molar-refractivity contribution in [2.24, 2.45) is 11.8 Å². The summed E-state index contributed by atoms with van der Waals surface area (Å²) in [5, 5.41) is 9.02. The van der Waals surface area contributed by atoms with E-state index in [2.05, 4.69) is 0 Å². The molecule has 5 nitrogen and oxygen atoms in total. The Morgan fingerprint density at radius 3 is 2.50 bits per heavy atom. The maximum absolute atomic E-state index is 14.3. The lowest BCUT2D eigenvalue weighted by atomic mass is 10.0. The first-order valence-corrected chi connectivity index (χ1v) is 11.3. The second-order valence-electron chi connectivity index (χ2n) is 8.87. The smallest absolute Gasteiger partial charge is 0.393 e. The predicted octanol–water partition coefficient (Wildman–Crippen LogP) is 5.41. The van der Waals surface area contributed by atoms with Crippen molar-refractivity contribution in [3.05, 3.63) is 48.3 Å². The largest absolute Gasteiger partial charge is 0.497 e. The van der Waals surface area contributed by atoms with Gasteiger partial charge in [0, 0.05) is 43.3 Å². The Bertz CT molecular complexity index is 1020. The van der Waals surface area contributed by atoms with E-state index in [0.29, 0.717) is 42.6 Å². The second-order valence-corrected chi connectivity index (χ2v) is 8.87. The first kappa shape index (κ1) is 24.0. The fourth-order valence-electron chi connectivity index (χ4n) is 4.77. The van der Waals surface area contributed by atoms with Gasteiger partial charge in [0.25, 0.3) is 0 Å². The van der Waals surface area contributed by atoms with E-state index >= 15 is 0 Å². The Labute approximate surface area is 196 Å². The van der Waals surface area contributed by atoms with Crippen molar-refractivity contribution in [2.75, 3.05) is 43.2 Å². The molecule has 34 heavy (non-hydrogen) atoms. The van der Waals surface area contributed by atoms with Crippen molar-refractivity contribution in [2.45, 2.75) is 31.5 Å². The molecule has 1 unspecified atom stereocenters. The highest BCUT2D eigenvalue weighted by molar-refractivity contribution is 5.53. The van der Waals surface area contributed by atoms with Gasteiger partial charge in [-0.1, -0.05) is 0 Å². The molecule has 9 heteroatoms. The first-order valence-electron chi connectivity index (χ1n) is 11.3. The molecule has 0 N–H and O–H groups in total. The summed E-state index contributed by atoms with van der Waals surface area (Å²) in [6.45, 7) is 1.68. The number of nitriles is 1. The fraction of sp³-hybridized carbons (Fsp3) is 0.480. The van der Waals surface area contributed by atoms with Gasteiger partial charge in [-0.2, -0.15) is 18.4 Å². The van der Waals surface area contributed by atoms with Crippen LogP contribution in [0.1, 0.15) is 19.3 Å². The van der Waals surface area contributed by atoms with E-state index < -0.39 is 18.1 Å². The molecule has 2 aliphatic rings. The van der Waals surface area contributed by atoms with Crippen molar-refractivity contribution >= 4 is 11.4 Å². The molecular formula is C25H27F4N3O2. The number of alkyl halides is 3. The molecule has 0 bridgehead atoms. The Morgan fingerprint density at radius 2 is 1.82 bits per heavy atom. The third-order valence-electron chi connectivity index (χ3n) is 6.64. The lowest BCUT2D eigenvalue weighted by Gasteiger charge is -2.25. The molecule has 182 valence electrons. The molecule has 3 atom stereocenters. The highest BCUT2D eigenvalue weighted by atomic mass is 19.4. The average Bonchev–Trinajstić information content (AvgIpc) is 3.46. The number of benzene rings is 2. The van der Waals surface area contributed by atoms with Crippen molar-refractivity contribution in [3.8, 4) is 17.6 Å². The molecule has 0 aliphatic carbocycles. The highest BCUT2D eigenvalue weighted by Gasteiger charge is 2.47. The van der Waals surface area contributed by atoms with Crippen LogP contribution in [0.3, 0.4) is 0 Å². The van der Waals surface area contributed by atoms with Crippen molar-refractivity contribution in [1.82, 2.24) is 0 Å². The number of halogens is 4. The minimum Gasteiger partial charge on any atom is -0.497 e. The molecule has 2 fully saturated rings. The van der Waals surface area contributed by atoms with Gasteiger partial charge in [0.15, 0.2) is 0 Å². The molecule has 2 aliphatic heterocycles. The van der Waals surface area contributed by atoms with Crippen LogP contribution in [0.25, 0.3) is 0 Å². The minimum absolute atomic E-state index is 0.0525. The highest BCUT2D eigenvalue weighted by Crippen LogP contribution is 2.40. The fourth-order valence-corrected chi connectivity index (χ4v) is 4.77. The molecule has 2 heterocycles. The van der Waals surface area contributed by atoms with Gasteiger partial charge in [0.1, 0.15) is 17.3 Å². The van der Waals surface area contributed by atoms with E-state index in [1.807, 2.05) is 11.0 Å². The number of methoxy groups -OCH3 is 1. The molecule has 0 amide bonds. The summed E-state index contributed by atoms with van der Waals surface area (Å²) in [6, 6.07) is 13.2. The summed E-state index contributed by atoms with van der Waals surface area (Å²) in [5.74, 6) is -0.272. The second kappa shape index (κ2) is 10.00. The van der Waals surface area contributed by atoms with E-state index in [9.17, 15) is 17.6 Å². The number of nitrogens with zero attached hydrogens (tertiary/aromatic N) is 3. The number of anilines is 2. The third kappa shape index (κ3) is 5.32. The SMILES string of the molecule is COc1ccc(F)c(N2CCC(COc3ccc(N4C[C@H](C(F)(F)F)C[C@@H]4CC#N)cc3)C2)c1. The maximum atomic E-state index is 14.3. The number of hydrogen-bond acceptors (Lipinski definition) is 5. The van der Waals surface area contributed by atoms with Gasteiger partial charge in [-0.15, -0.1) is 0 Å². The Balaban J connectivity index is 1.34. The van der Waals surface area contributed by atoms with Gasteiger partial charge in [-0.05, 0) is 49.2 Å². The molecule has 2 saturated heterocycles. The molecule has 0 aromatic heterocycles. The molecule has 2 aromatic rings. The average molecular weight is 478 g/mol. The summed E-state index contributed by atoms with van der Waals surface area (Å²) in [5.41, 5.74) is 1.17. The van der Waals surface area contributed by atoms with Crippen LogP contribution in [0.5, 0.6) is 11.5 Å². The number of hydrogen-bond donors (Lipinski definition) is 0. The molecule has 0 saturated carbocycles. The van der Waals surface area contributed by atoms with Crippen LogP contribution in [-0.2, 0) is 0 Å². The van der Waals surface area contributed by atoms with Crippen LogP contribution in [0.2, 0.25) is 0 Å². The first-order chi connectivity index (χ1) is 16.3. The van der Waals surface area contributed by atoms with Gasteiger partial charge in [-0.3, -0.25) is 0 Å². The van der Waals surface area contributed by atoms with Gasteiger partial charge < -0.3 is 19.3 Å². The zero-order valence-electron chi connectivity index (χ0n) is 18.9. The van der Waals surface area contributed by atoms with Gasteiger partial charge in [-0.25, -0.2) is 4.39 Å². The van der Waals surface area contributed by atoms with Crippen molar-refractivity contribution < 1.29 is 27.0 Å². The van der Waals surface area contributed by atoms with Gasteiger partial charge in [0.05, 0.1) is 37.8 Å². The van der Waals surface area contributed by atoms with Crippen LogP contribution >= 0.6 is 0 Å². The molecule has 0 spiro atoms. The summed E-state index contributed by atoms with van der Waals surface area (Å²) in [4.78, 5) is 3.65. The number of rotatable bonds is 7. The van der Waals surface area contributed by atoms with E-state index in [0.717, 1.165) is 6.42 Å². The standard InChI is InChI=1S/C25H27F4N3O2/c1-33-22-6-7-23(26)24(13-22)31-11-9-17(14-31)16-34-21-4-2-19(3-5-21)32-15-18(25(27,28)29)12-20(32)8-10-30/h2-7,13,17-18,20H,8-9,11-12,14-16H2,1H3/t17?,18-,20+/m1/s1. The summed E-state index contributed by atoms with van der Waals surface area (Å²) >= 11 is 0. The molecular weight excluding hydrogens is 450 g/mol. The Hall–Kier alpha value is -3.15. The molecule has 0 radical (unpaired) electrons. The topological polar surface area (TPSA) is 48.7 Å². The van der Waals surface area contributed by atoms with E-state index in [4.69, 9.17) is 14.7 Å². The lowest BCUT2D eigenvalue weighted by molar-refractivity contribution is -0.168. The monoisotopic (exact) mass is 477 g/mol. The zero-order valence-corrected chi connectivity index (χ0v) is 18.9. The van der Waals surface area contributed by atoms with Gasteiger partial charge >= 0.3 is 6.18 Å². The Morgan fingerprint density at radius 1 is 1.09 bits per heavy atom. The zero-order chi connectivity index (χ0) is 24.3. The summed E-state index contributed by atoms with van der Waals surface area (Å²) in [6.07, 6.45) is -3.43. The van der Waals surface area contributed by atoms with Crippen LogP contribution in [0, 0.1) is 29.0 Å². The normalized spacial score (nSPS) is 22.6. The summed E-state index contributed by atoms with van der Waals surface area (Å²) in [7, 11) is 1.55. The summed E-state index contributed by atoms with van der Waals surface area (Å²) < 4.78 is 65.0.